The molecule has 0 unspecified atom stereocenters. The molecule has 0 bridgehead atoms. The predicted molar refractivity (Wildman–Crippen MR) is 131 cm³/mol. The van der Waals surface area contributed by atoms with Crippen molar-refractivity contribution in [1.29, 1.82) is 0 Å². The van der Waals surface area contributed by atoms with Crippen LogP contribution in [-0.4, -0.2) is 50.6 Å². The maximum atomic E-state index is 13.2. The number of ether oxygens (including phenoxy) is 1. The Labute approximate surface area is 209 Å². The molecule has 3 rings (SSSR count). The van der Waals surface area contributed by atoms with Crippen molar-refractivity contribution in [3.05, 3.63) is 23.0 Å². The van der Waals surface area contributed by atoms with Crippen LogP contribution in [0.25, 0.3) is 11.3 Å². The van der Waals surface area contributed by atoms with E-state index in [1.807, 2.05) is 13.8 Å². The Kier molecular flexibility index (Phi) is 8.93. The van der Waals surface area contributed by atoms with Crippen LogP contribution in [0.4, 0.5) is 14.6 Å². The molecule has 1 aliphatic carbocycles. The van der Waals surface area contributed by atoms with Gasteiger partial charge >= 0.3 is 6.61 Å². The number of amides is 1. The van der Waals surface area contributed by atoms with Crippen molar-refractivity contribution in [2.24, 2.45) is 5.92 Å². The van der Waals surface area contributed by atoms with Gasteiger partial charge in [-0.1, -0.05) is 25.4 Å². The minimum Gasteiger partial charge on any atom is -0.434 e. The summed E-state index contributed by atoms with van der Waals surface area (Å²) in [5.41, 5.74) is -0.576. The zero-order valence-electron chi connectivity index (χ0n) is 20.6. The summed E-state index contributed by atoms with van der Waals surface area (Å²) in [5.74, 6) is 0.253. The van der Waals surface area contributed by atoms with Gasteiger partial charge in [-0.25, -0.2) is 4.98 Å². The standard InChI is InChI=1S/C24H34ClF2N5O3/c1-5-15(4)30-18-11-17(35-23(26)27)16(12-28-18)21-19(25)20(31-32(21)6-2)22(33)29-13-24(34)9-7-14(3)8-10-24/h11-12,14-15,23,34H,5-10,13H2,1-4H3,(H,28,30)(H,29,33)/t14?,15-,24?/m1/s1. The normalized spacial score (nSPS) is 21.1. The molecule has 0 radical (unpaired) electrons. The van der Waals surface area contributed by atoms with E-state index in [0.717, 1.165) is 19.3 Å². The number of hydrogen-bond donors (Lipinski definition) is 3. The second kappa shape index (κ2) is 11.5. The van der Waals surface area contributed by atoms with Crippen LogP contribution in [0.3, 0.4) is 0 Å². The Morgan fingerprint density at radius 1 is 1.37 bits per heavy atom. The van der Waals surface area contributed by atoms with Gasteiger partial charge in [-0.15, -0.1) is 0 Å². The Balaban J connectivity index is 1.90. The fourth-order valence-electron chi connectivity index (χ4n) is 4.12. The van der Waals surface area contributed by atoms with Crippen LogP contribution in [0.1, 0.15) is 70.3 Å². The van der Waals surface area contributed by atoms with Crippen molar-refractivity contribution in [3.8, 4) is 17.0 Å². The lowest BCUT2D eigenvalue weighted by molar-refractivity contribution is -0.0494. The Morgan fingerprint density at radius 3 is 2.66 bits per heavy atom. The van der Waals surface area contributed by atoms with E-state index in [4.69, 9.17) is 16.3 Å². The molecule has 194 valence electrons. The third kappa shape index (κ3) is 6.61. The highest BCUT2D eigenvalue weighted by Gasteiger charge is 2.33. The molecule has 2 heterocycles. The average molecular weight is 514 g/mol. The quantitative estimate of drug-likeness (QED) is 0.408. The number of carbonyl (C=O) groups is 1. The molecule has 0 spiro atoms. The van der Waals surface area contributed by atoms with Crippen molar-refractivity contribution >= 4 is 23.3 Å². The number of rotatable bonds is 10. The molecule has 1 atom stereocenters. The number of nitrogens with one attached hydrogen (secondary N) is 2. The molecular formula is C24H34ClF2N5O3. The van der Waals surface area contributed by atoms with Crippen LogP contribution in [0.5, 0.6) is 5.75 Å². The molecule has 0 aromatic carbocycles. The number of aliphatic hydroxyl groups is 1. The molecule has 35 heavy (non-hydrogen) atoms. The molecule has 0 aliphatic heterocycles. The average Bonchev–Trinajstić information content (AvgIpc) is 3.15. The van der Waals surface area contributed by atoms with E-state index in [2.05, 4.69) is 27.6 Å². The molecular weight excluding hydrogens is 480 g/mol. The molecule has 0 saturated heterocycles. The smallest absolute Gasteiger partial charge is 0.387 e. The molecule has 2 aromatic heterocycles. The van der Waals surface area contributed by atoms with Crippen LogP contribution >= 0.6 is 11.6 Å². The third-order valence-electron chi connectivity index (χ3n) is 6.54. The molecule has 1 saturated carbocycles. The molecule has 11 heteroatoms. The lowest BCUT2D eigenvalue weighted by atomic mass is 9.79. The van der Waals surface area contributed by atoms with E-state index in [-0.39, 0.29) is 40.3 Å². The molecule has 1 amide bonds. The van der Waals surface area contributed by atoms with E-state index >= 15 is 0 Å². The van der Waals surface area contributed by atoms with Gasteiger partial charge in [0.15, 0.2) is 5.69 Å². The second-order valence-electron chi connectivity index (χ2n) is 9.31. The number of hydrogen-bond acceptors (Lipinski definition) is 6. The number of pyridine rings is 1. The SMILES string of the molecule is CC[C@@H](C)Nc1cc(OC(F)F)c(-c2c(Cl)c(C(=O)NCC3(O)CCC(C)CC3)nn2CC)cn1. The number of alkyl halides is 2. The van der Waals surface area contributed by atoms with Crippen LogP contribution in [0, 0.1) is 5.92 Å². The first-order valence-electron chi connectivity index (χ1n) is 12.1. The first kappa shape index (κ1) is 27.1. The summed E-state index contributed by atoms with van der Waals surface area (Å²) in [6, 6.07) is 1.46. The first-order chi connectivity index (χ1) is 16.6. The van der Waals surface area contributed by atoms with Gasteiger partial charge in [0, 0.05) is 31.4 Å². The van der Waals surface area contributed by atoms with Gasteiger partial charge < -0.3 is 20.5 Å². The van der Waals surface area contributed by atoms with E-state index < -0.39 is 18.1 Å². The minimum atomic E-state index is -3.06. The monoisotopic (exact) mass is 513 g/mol. The summed E-state index contributed by atoms with van der Waals surface area (Å²) in [5, 5.41) is 21.0. The van der Waals surface area contributed by atoms with Crippen molar-refractivity contribution in [3.63, 3.8) is 0 Å². The summed E-state index contributed by atoms with van der Waals surface area (Å²) >= 11 is 6.57. The summed E-state index contributed by atoms with van der Waals surface area (Å²) in [6.07, 6.45) is 5.19. The number of halogens is 3. The topological polar surface area (TPSA) is 101 Å². The first-order valence-corrected chi connectivity index (χ1v) is 12.4. The van der Waals surface area contributed by atoms with Crippen LogP contribution < -0.4 is 15.4 Å². The third-order valence-corrected chi connectivity index (χ3v) is 6.89. The highest BCUT2D eigenvalue weighted by molar-refractivity contribution is 6.36. The van der Waals surface area contributed by atoms with E-state index in [1.54, 1.807) is 6.92 Å². The zero-order valence-corrected chi connectivity index (χ0v) is 21.3. The number of anilines is 1. The zero-order chi connectivity index (χ0) is 25.8. The Hall–Kier alpha value is -2.46. The Bertz CT molecular complexity index is 1020. The highest BCUT2D eigenvalue weighted by Crippen LogP contribution is 2.38. The predicted octanol–water partition coefficient (Wildman–Crippen LogP) is 5.10. The molecule has 3 N–H and O–H groups in total. The minimum absolute atomic E-state index is 0.00263. The van der Waals surface area contributed by atoms with Crippen molar-refractivity contribution in [2.75, 3.05) is 11.9 Å². The largest absolute Gasteiger partial charge is 0.434 e. The van der Waals surface area contributed by atoms with Gasteiger partial charge in [-0.2, -0.15) is 13.9 Å². The van der Waals surface area contributed by atoms with E-state index in [0.29, 0.717) is 31.1 Å². The highest BCUT2D eigenvalue weighted by atomic mass is 35.5. The fraction of sp³-hybridized carbons (Fsp3) is 0.625. The van der Waals surface area contributed by atoms with Crippen LogP contribution in [-0.2, 0) is 6.54 Å². The van der Waals surface area contributed by atoms with Gasteiger partial charge in [0.1, 0.15) is 11.6 Å². The van der Waals surface area contributed by atoms with E-state index in [9.17, 15) is 18.7 Å². The van der Waals surface area contributed by atoms with E-state index in [1.165, 1.54) is 16.9 Å². The fourth-order valence-corrected chi connectivity index (χ4v) is 4.44. The van der Waals surface area contributed by atoms with Gasteiger partial charge in [-0.05, 0) is 51.9 Å². The number of nitrogens with zero attached hydrogens (tertiary/aromatic N) is 3. The summed E-state index contributed by atoms with van der Waals surface area (Å²) in [7, 11) is 0. The maximum Gasteiger partial charge on any atom is 0.387 e. The number of carbonyl (C=O) groups excluding carboxylic acids is 1. The van der Waals surface area contributed by atoms with Crippen molar-refractivity contribution in [2.45, 2.75) is 84.6 Å². The summed E-state index contributed by atoms with van der Waals surface area (Å²) in [4.78, 5) is 17.3. The molecule has 2 aromatic rings. The summed E-state index contributed by atoms with van der Waals surface area (Å²) in [6.45, 7) is 5.21. The lowest BCUT2D eigenvalue weighted by Crippen LogP contribution is -2.45. The van der Waals surface area contributed by atoms with Gasteiger partial charge in [0.05, 0.1) is 21.9 Å². The molecule has 1 fully saturated rings. The van der Waals surface area contributed by atoms with Crippen LogP contribution in [0.15, 0.2) is 12.3 Å². The maximum absolute atomic E-state index is 13.2. The van der Waals surface area contributed by atoms with Gasteiger partial charge in [0.2, 0.25) is 0 Å². The lowest BCUT2D eigenvalue weighted by Gasteiger charge is -2.34. The van der Waals surface area contributed by atoms with Gasteiger partial charge in [-0.3, -0.25) is 9.48 Å². The number of aryl methyl sites for hydroxylation is 1. The van der Waals surface area contributed by atoms with Gasteiger partial charge in [0.25, 0.3) is 5.91 Å². The number of aromatic nitrogens is 3. The molecule has 1 aliphatic rings. The summed E-state index contributed by atoms with van der Waals surface area (Å²) < 4.78 is 32.7. The second-order valence-corrected chi connectivity index (χ2v) is 9.69. The van der Waals surface area contributed by atoms with Crippen molar-refractivity contribution < 1.29 is 23.4 Å². The Morgan fingerprint density at radius 2 is 2.06 bits per heavy atom. The van der Waals surface area contributed by atoms with Crippen molar-refractivity contribution in [1.82, 2.24) is 20.1 Å². The molecule has 8 nitrogen and oxygen atoms in total. The van der Waals surface area contributed by atoms with Crippen LogP contribution in [0.2, 0.25) is 5.02 Å².